The Morgan fingerprint density at radius 1 is 1.21 bits per heavy atom. The minimum atomic E-state index is -0.678. The molecule has 2 rings (SSSR count). The summed E-state index contributed by atoms with van der Waals surface area (Å²) in [6.45, 7) is 7.68. The van der Waals surface area contributed by atoms with Gasteiger partial charge in [-0.2, -0.15) is 0 Å². The van der Waals surface area contributed by atoms with Gasteiger partial charge in [0.1, 0.15) is 11.1 Å². The Hall–Kier alpha value is -1.82. The summed E-state index contributed by atoms with van der Waals surface area (Å²) < 4.78 is 6.70. The van der Waals surface area contributed by atoms with Crippen LogP contribution in [0, 0.1) is 13.8 Å². The number of carbonyl (C=O) groups excluding carboxylic acids is 3. The average Bonchev–Trinajstić information content (AvgIpc) is 2.94. The van der Waals surface area contributed by atoms with Crippen molar-refractivity contribution >= 4 is 29.3 Å². The zero-order valence-corrected chi connectivity index (χ0v) is 18.3. The average molecular weight is 411 g/mol. The fraction of sp³-hybridized carbons (Fsp3) is 0.667. The minimum Gasteiger partial charge on any atom is -0.464 e. The summed E-state index contributed by atoms with van der Waals surface area (Å²) in [7, 11) is 1.33. The summed E-state index contributed by atoms with van der Waals surface area (Å²) in [5.74, 6) is -0.833. The third-order valence-electron chi connectivity index (χ3n) is 5.69. The highest BCUT2D eigenvalue weighted by Crippen LogP contribution is 2.27. The van der Waals surface area contributed by atoms with Gasteiger partial charge < -0.3 is 14.2 Å². The van der Waals surface area contributed by atoms with Crippen LogP contribution in [0.15, 0.2) is 0 Å². The highest BCUT2D eigenvalue weighted by Gasteiger charge is 2.32. The van der Waals surface area contributed by atoms with Gasteiger partial charge in [-0.1, -0.05) is 19.3 Å². The predicted octanol–water partition coefficient (Wildman–Crippen LogP) is 3.88. The highest BCUT2D eigenvalue weighted by atomic mass is 35.5. The molecule has 1 aliphatic rings. The lowest BCUT2D eigenvalue weighted by Crippen LogP contribution is -2.47. The number of rotatable bonds is 7. The van der Waals surface area contributed by atoms with Gasteiger partial charge in [-0.25, -0.2) is 4.79 Å². The van der Waals surface area contributed by atoms with Gasteiger partial charge in [-0.05, 0) is 46.1 Å². The molecule has 7 heteroatoms. The molecule has 1 fully saturated rings. The number of hydrogen-bond acceptors (Lipinski definition) is 4. The number of hydrogen-bond donors (Lipinski definition) is 0. The predicted molar refractivity (Wildman–Crippen MR) is 109 cm³/mol. The van der Waals surface area contributed by atoms with E-state index < -0.39 is 11.3 Å². The van der Waals surface area contributed by atoms with E-state index in [2.05, 4.69) is 0 Å². The molecule has 0 aromatic carbocycles. The van der Waals surface area contributed by atoms with Crippen molar-refractivity contribution in [1.29, 1.82) is 0 Å². The number of Topliss-reactive ketones (excluding diaryl/α,β-unsaturated/α-hetero) is 1. The van der Waals surface area contributed by atoms with Gasteiger partial charge in [0.15, 0.2) is 5.78 Å². The van der Waals surface area contributed by atoms with Gasteiger partial charge in [-0.3, -0.25) is 9.59 Å². The molecule has 1 amide bonds. The molecule has 0 aliphatic heterocycles. The number of methoxy groups -OCH3 is 1. The third-order valence-corrected chi connectivity index (χ3v) is 5.88. The van der Waals surface area contributed by atoms with Gasteiger partial charge in [0.05, 0.1) is 13.7 Å². The van der Waals surface area contributed by atoms with E-state index in [1.54, 1.807) is 23.3 Å². The van der Waals surface area contributed by atoms with E-state index in [0.29, 0.717) is 23.4 Å². The van der Waals surface area contributed by atoms with Gasteiger partial charge in [0.2, 0.25) is 5.91 Å². The summed E-state index contributed by atoms with van der Waals surface area (Å²) >= 11 is 6.08. The van der Waals surface area contributed by atoms with E-state index in [9.17, 15) is 14.4 Å². The van der Waals surface area contributed by atoms with Crippen LogP contribution in [0.5, 0.6) is 0 Å². The first-order valence-electron chi connectivity index (χ1n) is 10.00. The van der Waals surface area contributed by atoms with E-state index in [0.717, 1.165) is 37.8 Å². The largest absolute Gasteiger partial charge is 0.464 e. The quantitative estimate of drug-likeness (QED) is 0.388. The number of carbonyl (C=O) groups is 3. The lowest BCUT2D eigenvalue weighted by molar-refractivity contribution is -0.132. The zero-order chi connectivity index (χ0) is 21.0. The second-order valence-electron chi connectivity index (χ2n) is 7.47. The molecule has 0 bridgehead atoms. The molecule has 1 atom stereocenters. The van der Waals surface area contributed by atoms with Crippen LogP contribution in [0.25, 0.3) is 0 Å². The first kappa shape index (κ1) is 22.5. The maximum absolute atomic E-state index is 13.3. The number of aromatic nitrogens is 1. The number of alkyl halides is 1. The molecular formula is C21H31ClN2O4. The molecule has 156 valence electrons. The number of esters is 1. The van der Waals surface area contributed by atoms with Crippen molar-refractivity contribution in [1.82, 2.24) is 9.47 Å². The Labute approximate surface area is 172 Å². The summed E-state index contributed by atoms with van der Waals surface area (Å²) in [6, 6.07) is 0.0420. The summed E-state index contributed by atoms with van der Waals surface area (Å²) in [6.07, 6.45) is 5.04. The van der Waals surface area contributed by atoms with Crippen LogP contribution in [0.3, 0.4) is 0 Å². The molecule has 6 nitrogen and oxygen atoms in total. The Bertz CT molecular complexity index is 748. The van der Waals surface area contributed by atoms with Crippen molar-refractivity contribution < 1.29 is 19.1 Å². The van der Waals surface area contributed by atoms with E-state index in [1.165, 1.54) is 7.11 Å². The lowest BCUT2D eigenvalue weighted by atomic mass is 9.93. The second kappa shape index (κ2) is 9.59. The molecule has 1 saturated carbocycles. The van der Waals surface area contributed by atoms with Crippen LogP contribution in [-0.2, 0) is 16.1 Å². The highest BCUT2D eigenvalue weighted by molar-refractivity contribution is 6.30. The Balaban J connectivity index is 2.39. The fourth-order valence-corrected chi connectivity index (χ4v) is 4.43. The van der Waals surface area contributed by atoms with Gasteiger partial charge in [-0.15, -0.1) is 11.6 Å². The van der Waals surface area contributed by atoms with Crippen LogP contribution in [0.4, 0.5) is 0 Å². The Kier molecular flexibility index (Phi) is 7.70. The van der Waals surface area contributed by atoms with Gasteiger partial charge >= 0.3 is 5.97 Å². The van der Waals surface area contributed by atoms with Crippen LogP contribution in [0.2, 0.25) is 0 Å². The van der Waals surface area contributed by atoms with E-state index in [1.807, 2.05) is 13.8 Å². The van der Waals surface area contributed by atoms with Crippen molar-refractivity contribution in [3.05, 3.63) is 22.5 Å². The van der Waals surface area contributed by atoms with Gasteiger partial charge in [0, 0.05) is 23.8 Å². The van der Waals surface area contributed by atoms with Gasteiger partial charge in [0.25, 0.3) is 0 Å². The smallest absolute Gasteiger partial charge is 0.354 e. The maximum atomic E-state index is 13.3. The standard InChI is InChI=1S/C21H31ClN2O4/c1-6-23-15(4)18(13(2)19(23)21(27)28-5)17(25)12-24(20(26)14(3)22)16-10-8-7-9-11-16/h14,16H,6-12H2,1-5H3/t14-/m1/s1. The third kappa shape index (κ3) is 4.43. The molecule has 1 aromatic heterocycles. The maximum Gasteiger partial charge on any atom is 0.354 e. The molecule has 0 spiro atoms. The molecule has 0 radical (unpaired) electrons. The normalized spacial score (nSPS) is 15.9. The van der Waals surface area contributed by atoms with E-state index in [4.69, 9.17) is 16.3 Å². The van der Waals surface area contributed by atoms with Crippen LogP contribution in [0.1, 0.15) is 78.1 Å². The van der Waals surface area contributed by atoms with Crippen LogP contribution in [-0.4, -0.2) is 52.2 Å². The SMILES string of the molecule is CCn1c(C)c(C(=O)CN(C(=O)[C@@H](C)Cl)C2CCCCC2)c(C)c1C(=O)OC. The van der Waals surface area contributed by atoms with Crippen molar-refractivity contribution in [2.24, 2.45) is 0 Å². The molecule has 0 N–H and O–H groups in total. The van der Waals surface area contributed by atoms with Crippen molar-refractivity contribution in [3.63, 3.8) is 0 Å². The Morgan fingerprint density at radius 2 is 1.82 bits per heavy atom. The Morgan fingerprint density at radius 3 is 2.32 bits per heavy atom. The van der Waals surface area contributed by atoms with Crippen molar-refractivity contribution in [3.8, 4) is 0 Å². The molecule has 0 saturated heterocycles. The number of nitrogens with zero attached hydrogens (tertiary/aromatic N) is 2. The van der Waals surface area contributed by atoms with Crippen LogP contribution < -0.4 is 0 Å². The number of amides is 1. The fourth-order valence-electron chi connectivity index (χ4n) is 4.30. The molecule has 28 heavy (non-hydrogen) atoms. The summed E-state index contributed by atoms with van der Waals surface area (Å²) in [5, 5.41) is -0.678. The first-order valence-corrected chi connectivity index (χ1v) is 10.4. The molecule has 1 aliphatic carbocycles. The van der Waals surface area contributed by atoms with E-state index in [-0.39, 0.29) is 24.3 Å². The van der Waals surface area contributed by atoms with Crippen molar-refractivity contribution in [2.75, 3.05) is 13.7 Å². The van der Waals surface area contributed by atoms with Crippen molar-refractivity contribution in [2.45, 2.75) is 77.8 Å². The molecular weight excluding hydrogens is 380 g/mol. The number of halogens is 1. The molecule has 1 aromatic rings. The number of ether oxygens (including phenoxy) is 1. The first-order chi connectivity index (χ1) is 13.2. The summed E-state index contributed by atoms with van der Waals surface area (Å²) in [4.78, 5) is 39.9. The molecule has 1 heterocycles. The second-order valence-corrected chi connectivity index (χ2v) is 8.12. The minimum absolute atomic E-state index is 0.0173. The topological polar surface area (TPSA) is 68.6 Å². The lowest BCUT2D eigenvalue weighted by Gasteiger charge is -2.34. The zero-order valence-electron chi connectivity index (χ0n) is 17.5. The van der Waals surface area contributed by atoms with E-state index >= 15 is 0 Å². The summed E-state index contributed by atoms with van der Waals surface area (Å²) in [5.41, 5.74) is 2.22. The van der Waals surface area contributed by atoms with Crippen LogP contribution >= 0.6 is 11.6 Å². The number of ketones is 1. The monoisotopic (exact) mass is 410 g/mol. The molecule has 0 unspecified atom stereocenters.